The van der Waals surface area contributed by atoms with Gasteiger partial charge in [0.25, 0.3) is 0 Å². The van der Waals surface area contributed by atoms with Gasteiger partial charge in [-0.3, -0.25) is 0 Å². The summed E-state index contributed by atoms with van der Waals surface area (Å²) in [5.41, 5.74) is 0. The summed E-state index contributed by atoms with van der Waals surface area (Å²) < 4.78 is 0. The van der Waals surface area contributed by atoms with Gasteiger partial charge in [0.2, 0.25) is 0 Å². The predicted octanol–water partition coefficient (Wildman–Crippen LogP) is 10.8. The van der Waals surface area contributed by atoms with Gasteiger partial charge >= 0.3 is 0 Å². The molecule has 1 rings (SSSR count). The van der Waals surface area contributed by atoms with E-state index in [1.807, 2.05) is 0 Å². The van der Waals surface area contributed by atoms with Crippen molar-refractivity contribution in [1.29, 1.82) is 0 Å². The first-order valence-electron chi connectivity index (χ1n) is 13.9. The minimum atomic E-state index is 1.12. The van der Waals surface area contributed by atoms with Crippen LogP contribution in [0.15, 0.2) is 30.4 Å². The molecule has 0 aliphatic heterocycles. The van der Waals surface area contributed by atoms with Crippen molar-refractivity contribution < 1.29 is 0 Å². The molecule has 0 nitrogen and oxygen atoms in total. The molecule has 173 valence electrons. The van der Waals surface area contributed by atoms with Crippen LogP contribution in [-0.2, 0) is 0 Å². The SMILES string of the molecule is [C]1=C/C=C\C=C/CCCCCCCCCCCCCCCCCCCCCCCC\1. The summed E-state index contributed by atoms with van der Waals surface area (Å²) >= 11 is 0. The number of hydrogen-bond donors (Lipinski definition) is 0. The Morgan fingerprint density at radius 2 is 0.700 bits per heavy atom. The summed E-state index contributed by atoms with van der Waals surface area (Å²) in [6.45, 7) is 0. The first-order valence-corrected chi connectivity index (χ1v) is 13.9. The van der Waals surface area contributed by atoms with Crippen molar-refractivity contribution in [2.75, 3.05) is 0 Å². The van der Waals surface area contributed by atoms with Crippen LogP contribution in [0.25, 0.3) is 0 Å². The van der Waals surface area contributed by atoms with Gasteiger partial charge in [-0.15, -0.1) is 0 Å². The molecule has 0 unspecified atom stereocenters. The number of rotatable bonds is 0. The molecule has 1 aliphatic carbocycles. The number of hydrogen-bond acceptors (Lipinski definition) is 0. The summed E-state index contributed by atoms with van der Waals surface area (Å²) in [6.07, 6.45) is 48.5. The van der Waals surface area contributed by atoms with Gasteiger partial charge in [-0.2, -0.15) is 0 Å². The second kappa shape index (κ2) is 24.5. The maximum absolute atomic E-state index is 3.42. The average molecular weight is 414 g/mol. The Kier molecular flexibility index (Phi) is 22.2. The van der Waals surface area contributed by atoms with Gasteiger partial charge in [-0.1, -0.05) is 159 Å². The molecular formula is C30H53. The third kappa shape index (κ3) is 21.9. The molecule has 1 radical (unpaired) electrons. The molecule has 0 amide bonds. The third-order valence-corrected chi connectivity index (χ3v) is 6.51. The zero-order chi connectivity index (χ0) is 21.2. The molecule has 0 atom stereocenters. The van der Waals surface area contributed by atoms with Gasteiger partial charge in [-0.25, -0.2) is 0 Å². The van der Waals surface area contributed by atoms with Crippen molar-refractivity contribution in [1.82, 2.24) is 0 Å². The van der Waals surface area contributed by atoms with Gasteiger partial charge in [-0.05, 0) is 31.8 Å². The largest absolute Gasteiger partial charge is 0.0845 e. The van der Waals surface area contributed by atoms with Crippen LogP contribution in [0.1, 0.15) is 154 Å². The first-order chi connectivity index (χ1) is 15.0. The summed E-state index contributed by atoms with van der Waals surface area (Å²) in [7, 11) is 0. The van der Waals surface area contributed by atoms with Gasteiger partial charge in [0.15, 0.2) is 0 Å². The molecule has 1 aliphatic rings. The van der Waals surface area contributed by atoms with E-state index in [1.54, 1.807) is 0 Å². The van der Waals surface area contributed by atoms with Crippen molar-refractivity contribution in [2.24, 2.45) is 0 Å². The van der Waals surface area contributed by atoms with Crippen LogP contribution in [-0.4, -0.2) is 0 Å². The van der Waals surface area contributed by atoms with E-state index in [-0.39, 0.29) is 0 Å². The second-order valence-electron chi connectivity index (χ2n) is 9.50. The molecular weight excluding hydrogens is 360 g/mol. The molecule has 0 aromatic heterocycles. The Morgan fingerprint density at radius 3 is 1.13 bits per heavy atom. The Labute approximate surface area is 190 Å². The van der Waals surface area contributed by atoms with E-state index in [9.17, 15) is 0 Å². The second-order valence-corrected chi connectivity index (χ2v) is 9.50. The van der Waals surface area contributed by atoms with Crippen molar-refractivity contribution in [3.05, 3.63) is 36.5 Å². The zero-order valence-corrected chi connectivity index (χ0v) is 20.4. The van der Waals surface area contributed by atoms with Crippen molar-refractivity contribution >= 4 is 0 Å². The summed E-state index contributed by atoms with van der Waals surface area (Å²) in [6, 6.07) is 0. The monoisotopic (exact) mass is 413 g/mol. The molecule has 0 aromatic rings. The third-order valence-electron chi connectivity index (χ3n) is 6.51. The average Bonchev–Trinajstić information content (AvgIpc) is 2.76. The fourth-order valence-corrected chi connectivity index (χ4v) is 4.47. The van der Waals surface area contributed by atoms with Crippen LogP contribution >= 0.6 is 0 Å². The van der Waals surface area contributed by atoms with Crippen molar-refractivity contribution in [2.45, 2.75) is 154 Å². The summed E-state index contributed by atoms with van der Waals surface area (Å²) in [5, 5.41) is 0. The molecule has 0 bridgehead atoms. The lowest BCUT2D eigenvalue weighted by Crippen LogP contribution is -1.84. The van der Waals surface area contributed by atoms with Crippen LogP contribution in [0, 0.1) is 6.08 Å². The Hall–Kier alpha value is -0.780. The smallest absolute Gasteiger partial charge is 0.0276 e. The summed E-state index contributed by atoms with van der Waals surface area (Å²) in [4.78, 5) is 0. The molecule has 30 heavy (non-hydrogen) atoms. The Bertz CT molecular complexity index is 362. The summed E-state index contributed by atoms with van der Waals surface area (Å²) in [5.74, 6) is 0. The first kappa shape index (κ1) is 27.3. The standard InChI is InChI=1S/C30H53/c1-2-4-6-8-10-12-14-16-18-20-22-24-26-28-30-29-27-25-23-21-19-17-15-13-11-9-7-5-3-1/h1-5H,6,8-30H2/b3-1-,4-2-,7-5?. The highest BCUT2D eigenvalue weighted by Crippen LogP contribution is 2.15. The minimum absolute atomic E-state index is 1.12. The van der Waals surface area contributed by atoms with Crippen molar-refractivity contribution in [3.8, 4) is 0 Å². The van der Waals surface area contributed by atoms with E-state index in [2.05, 4.69) is 36.5 Å². The van der Waals surface area contributed by atoms with Crippen LogP contribution in [0.3, 0.4) is 0 Å². The normalized spacial score (nSPS) is 25.6. The van der Waals surface area contributed by atoms with Crippen molar-refractivity contribution in [3.63, 3.8) is 0 Å². The maximum Gasteiger partial charge on any atom is -0.0276 e. The van der Waals surface area contributed by atoms with E-state index in [0.29, 0.717) is 0 Å². The molecule has 0 fully saturated rings. The fourth-order valence-electron chi connectivity index (χ4n) is 4.47. The van der Waals surface area contributed by atoms with Crippen LogP contribution in [0.4, 0.5) is 0 Å². The van der Waals surface area contributed by atoms with Crippen LogP contribution in [0.2, 0.25) is 0 Å². The quantitative estimate of drug-likeness (QED) is 0.370. The van der Waals surface area contributed by atoms with Gasteiger partial charge in [0, 0.05) is 0 Å². The maximum atomic E-state index is 3.42. The fraction of sp³-hybridized carbons (Fsp3) is 0.800. The highest BCUT2D eigenvalue weighted by atomic mass is 14.0. The molecule has 0 N–H and O–H groups in total. The highest BCUT2D eigenvalue weighted by Gasteiger charge is 1.96. The topological polar surface area (TPSA) is 0 Å². The molecule has 0 saturated carbocycles. The van der Waals surface area contributed by atoms with E-state index < -0.39 is 0 Å². The minimum Gasteiger partial charge on any atom is -0.0845 e. The molecule has 0 saturated heterocycles. The lowest BCUT2D eigenvalue weighted by molar-refractivity contribution is 0.518. The van der Waals surface area contributed by atoms with Gasteiger partial charge in [0.05, 0.1) is 0 Å². The lowest BCUT2D eigenvalue weighted by atomic mass is 10.0. The van der Waals surface area contributed by atoms with E-state index >= 15 is 0 Å². The van der Waals surface area contributed by atoms with Crippen LogP contribution < -0.4 is 0 Å². The molecule has 0 heteroatoms. The van der Waals surface area contributed by atoms with E-state index in [1.165, 1.54) is 148 Å². The van der Waals surface area contributed by atoms with E-state index in [0.717, 1.165) is 6.42 Å². The van der Waals surface area contributed by atoms with E-state index in [4.69, 9.17) is 0 Å². The number of allylic oxidation sites excluding steroid dienone is 6. The Morgan fingerprint density at radius 1 is 0.333 bits per heavy atom. The zero-order valence-electron chi connectivity index (χ0n) is 20.4. The van der Waals surface area contributed by atoms with Gasteiger partial charge < -0.3 is 0 Å². The predicted molar refractivity (Wildman–Crippen MR) is 137 cm³/mol. The lowest BCUT2D eigenvalue weighted by Gasteiger charge is -2.04. The highest BCUT2D eigenvalue weighted by molar-refractivity contribution is 5.09. The molecule has 0 aromatic carbocycles. The van der Waals surface area contributed by atoms with Crippen LogP contribution in [0.5, 0.6) is 0 Å². The molecule has 0 heterocycles. The van der Waals surface area contributed by atoms with Gasteiger partial charge in [0.1, 0.15) is 0 Å². The Balaban J connectivity index is 2.11. The molecule has 0 spiro atoms.